The Morgan fingerprint density at radius 3 is 2.47 bits per heavy atom. The van der Waals surface area contributed by atoms with E-state index in [4.69, 9.17) is 5.73 Å². The van der Waals surface area contributed by atoms with Crippen LogP contribution in [0.5, 0.6) is 0 Å². The van der Waals surface area contributed by atoms with Crippen molar-refractivity contribution in [1.29, 1.82) is 0 Å². The molecule has 2 aromatic rings. The lowest BCUT2D eigenvalue weighted by atomic mass is 10.1. The summed E-state index contributed by atoms with van der Waals surface area (Å²) in [6.45, 7) is 3.38. The van der Waals surface area contributed by atoms with Crippen LogP contribution in [-0.2, 0) is 16.6 Å². The Labute approximate surface area is 110 Å². The van der Waals surface area contributed by atoms with E-state index in [1.807, 2.05) is 0 Å². The molecule has 1 aromatic heterocycles. The number of nitrogen functional groups attached to an aromatic ring is 1. The van der Waals surface area contributed by atoms with Crippen LogP contribution in [0.1, 0.15) is 17.0 Å². The molecule has 0 saturated carbocycles. The number of aryl methyl sites for hydroxylation is 2. The fraction of sp³-hybridized carbons (Fsp3) is 0.273. The largest absolute Gasteiger partial charge is 0.399 e. The van der Waals surface area contributed by atoms with E-state index < -0.39 is 10.0 Å². The van der Waals surface area contributed by atoms with Crippen LogP contribution in [0.3, 0.4) is 0 Å². The highest BCUT2D eigenvalue weighted by Crippen LogP contribution is 2.22. The lowest BCUT2D eigenvalue weighted by molar-refractivity contribution is 0.409. The molecule has 0 amide bonds. The molecule has 8 heteroatoms. The predicted molar refractivity (Wildman–Crippen MR) is 68.7 cm³/mol. The topological polar surface area (TPSA) is 111 Å². The number of aromatic nitrogens is 2. The molecule has 0 radical (unpaired) electrons. The average molecular weight is 282 g/mol. The zero-order valence-corrected chi connectivity index (χ0v) is 11.4. The molecular formula is C11H14N4O3S. The third-order valence-electron chi connectivity index (χ3n) is 2.58. The highest BCUT2D eigenvalue weighted by molar-refractivity contribution is 7.89. The Kier molecular flexibility index (Phi) is 3.54. The molecule has 0 unspecified atom stereocenters. The minimum Gasteiger partial charge on any atom is -0.399 e. The number of hydrogen-bond donors (Lipinski definition) is 2. The third-order valence-corrected chi connectivity index (χ3v) is 4.28. The zero-order chi connectivity index (χ0) is 14.0. The third kappa shape index (κ3) is 2.91. The second-order valence-electron chi connectivity index (χ2n) is 4.16. The quantitative estimate of drug-likeness (QED) is 0.800. The van der Waals surface area contributed by atoms with Crippen LogP contribution in [0.15, 0.2) is 27.9 Å². The number of rotatable bonds is 4. The van der Waals surface area contributed by atoms with Crippen molar-refractivity contribution in [3.8, 4) is 0 Å². The van der Waals surface area contributed by atoms with Gasteiger partial charge >= 0.3 is 0 Å². The van der Waals surface area contributed by atoms with Crippen LogP contribution >= 0.6 is 0 Å². The van der Waals surface area contributed by atoms with Crippen LogP contribution in [0.4, 0.5) is 5.69 Å². The van der Waals surface area contributed by atoms with Crippen molar-refractivity contribution < 1.29 is 12.9 Å². The molecule has 1 heterocycles. The zero-order valence-electron chi connectivity index (χ0n) is 10.5. The standard InChI is InChI=1S/C11H14N4O3S/c1-7-3-9(12)4-8(2)11(7)19(16,17)14-5-10-13-6-18-15-10/h3-4,6,14H,5,12H2,1-2H3. The number of benzene rings is 1. The number of anilines is 1. The molecule has 0 aliphatic carbocycles. The highest BCUT2D eigenvalue weighted by Gasteiger charge is 2.20. The van der Waals surface area contributed by atoms with E-state index in [1.54, 1.807) is 26.0 Å². The molecule has 0 fully saturated rings. The van der Waals surface area contributed by atoms with Gasteiger partial charge in [-0.2, -0.15) is 4.98 Å². The van der Waals surface area contributed by atoms with Gasteiger partial charge in [-0.05, 0) is 37.1 Å². The van der Waals surface area contributed by atoms with Gasteiger partial charge in [-0.1, -0.05) is 5.16 Å². The summed E-state index contributed by atoms with van der Waals surface area (Å²) < 4.78 is 31.4. The summed E-state index contributed by atoms with van der Waals surface area (Å²) in [6.07, 6.45) is 1.14. The molecule has 19 heavy (non-hydrogen) atoms. The second-order valence-corrected chi connectivity index (χ2v) is 5.86. The van der Waals surface area contributed by atoms with E-state index in [2.05, 4.69) is 19.4 Å². The van der Waals surface area contributed by atoms with Crippen molar-refractivity contribution in [2.24, 2.45) is 0 Å². The summed E-state index contributed by atoms with van der Waals surface area (Å²) in [5.74, 6) is 0.273. The number of nitrogens with zero attached hydrogens (tertiary/aromatic N) is 2. The lowest BCUT2D eigenvalue weighted by Crippen LogP contribution is -2.25. The van der Waals surface area contributed by atoms with Gasteiger partial charge < -0.3 is 10.3 Å². The van der Waals surface area contributed by atoms with Crippen LogP contribution < -0.4 is 10.5 Å². The molecule has 0 aliphatic rings. The molecule has 0 atom stereocenters. The second kappa shape index (κ2) is 4.98. The van der Waals surface area contributed by atoms with Gasteiger partial charge in [0.15, 0.2) is 5.82 Å². The van der Waals surface area contributed by atoms with Crippen molar-refractivity contribution in [1.82, 2.24) is 14.9 Å². The highest BCUT2D eigenvalue weighted by atomic mass is 32.2. The van der Waals surface area contributed by atoms with Gasteiger partial charge in [0, 0.05) is 5.69 Å². The average Bonchev–Trinajstić information content (AvgIpc) is 2.77. The molecular weight excluding hydrogens is 268 g/mol. The van der Waals surface area contributed by atoms with E-state index >= 15 is 0 Å². The molecule has 0 spiro atoms. The summed E-state index contributed by atoms with van der Waals surface area (Å²) >= 11 is 0. The molecule has 1 aromatic carbocycles. The predicted octanol–water partition coefficient (Wildman–Crippen LogP) is 0.747. The van der Waals surface area contributed by atoms with E-state index in [9.17, 15) is 8.42 Å². The molecule has 3 N–H and O–H groups in total. The van der Waals surface area contributed by atoms with Crippen molar-refractivity contribution in [3.63, 3.8) is 0 Å². The first-order chi connectivity index (χ1) is 8.90. The van der Waals surface area contributed by atoms with Gasteiger partial charge in [0.2, 0.25) is 16.4 Å². The Balaban J connectivity index is 2.29. The van der Waals surface area contributed by atoms with Crippen molar-refractivity contribution in [2.45, 2.75) is 25.3 Å². The van der Waals surface area contributed by atoms with Crippen LogP contribution in [-0.4, -0.2) is 18.6 Å². The van der Waals surface area contributed by atoms with Crippen LogP contribution in [0.2, 0.25) is 0 Å². The van der Waals surface area contributed by atoms with Gasteiger partial charge in [0.1, 0.15) is 0 Å². The molecule has 0 saturated heterocycles. The maximum absolute atomic E-state index is 12.2. The Morgan fingerprint density at radius 2 is 1.95 bits per heavy atom. The molecule has 102 valence electrons. The molecule has 0 bridgehead atoms. The van der Waals surface area contributed by atoms with Gasteiger partial charge in [0.05, 0.1) is 11.4 Å². The van der Waals surface area contributed by atoms with E-state index in [1.165, 1.54) is 0 Å². The summed E-state index contributed by atoms with van der Waals surface area (Å²) in [4.78, 5) is 3.97. The maximum atomic E-state index is 12.2. The first-order valence-electron chi connectivity index (χ1n) is 5.52. The van der Waals surface area contributed by atoms with Crippen molar-refractivity contribution in [3.05, 3.63) is 35.5 Å². The molecule has 2 rings (SSSR count). The van der Waals surface area contributed by atoms with Gasteiger partial charge in [-0.3, -0.25) is 0 Å². The summed E-state index contributed by atoms with van der Waals surface area (Å²) in [5.41, 5.74) is 7.40. The Hall–Kier alpha value is -1.93. The minimum atomic E-state index is -3.64. The normalized spacial score (nSPS) is 11.7. The lowest BCUT2D eigenvalue weighted by Gasteiger charge is -2.12. The number of nitrogens with two attached hydrogens (primary N) is 1. The van der Waals surface area contributed by atoms with E-state index in [-0.39, 0.29) is 17.3 Å². The first-order valence-corrected chi connectivity index (χ1v) is 7.00. The maximum Gasteiger partial charge on any atom is 0.241 e. The van der Waals surface area contributed by atoms with Gasteiger partial charge in [-0.15, -0.1) is 0 Å². The molecule has 7 nitrogen and oxygen atoms in total. The fourth-order valence-electron chi connectivity index (χ4n) is 1.91. The Morgan fingerprint density at radius 1 is 1.32 bits per heavy atom. The number of nitrogens with one attached hydrogen (secondary N) is 1. The monoisotopic (exact) mass is 282 g/mol. The van der Waals surface area contributed by atoms with Crippen molar-refractivity contribution >= 4 is 15.7 Å². The Bertz CT molecular complexity index is 657. The number of hydrogen-bond acceptors (Lipinski definition) is 6. The fourth-order valence-corrected chi connectivity index (χ4v) is 3.34. The first kappa shape index (κ1) is 13.5. The summed E-state index contributed by atoms with van der Waals surface area (Å²) in [7, 11) is -3.64. The smallest absolute Gasteiger partial charge is 0.241 e. The van der Waals surface area contributed by atoms with Crippen molar-refractivity contribution in [2.75, 3.05) is 5.73 Å². The van der Waals surface area contributed by atoms with Crippen LogP contribution in [0.25, 0.3) is 0 Å². The SMILES string of the molecule is Cc1cc(N)cc(C)c1S(=O)(=O)NCc1ncon1. The van der Waals surface area contributed by atoms with Gasteiger partial charge in [-0.25, -0.2) is 13.1 Å². The summed E-state index contributed by atoms with van der Waals surface area (Å²) in [6, 6.07) is 3.24. The minimum absolute atomic E-state index is 0.0257. The van der Waals surface area contributed by atoms with E-state index in [0.29, 0.717) is 16.8 Å². The summed E-state index contributed by atoms with van der Waals surface area (Å²) in [5, 5.41) is 3.54. The van der Waals surface area contributed by atoms with E-state index in [0.717, 1.165) is 6.39 Å². The molecule has 0 aliphatic heterocycles. The number of sulfonamides is 1. The van der Waals surface area contributed by atoms with Crippen LogP contribution in [0, 0.1) is 13.8 Å². The van der Waals surface area contributed by atoms with Gasteiger partial charge in [0.25, 0.3) is 0 Å².